The van der Waals surface area contributed by atoms with E-state index in [0.29, 0.717) is 23.8 Å². The van der Waals surface area contributed by atoms with Crippen LogP contribution >= 0.6 is 27.5 Å². The number of halogens is 2. The van der Waals surface area contributed by atoms with Crippen molar-refractivity contribution in [3.63, 3.8) is 0 Å². The van der Waals surface area contributed by atoms with Crippen molar-refractivity contribution in [3.05, 3.63) is 117 Å². The van der Waals surface area contributed by atoms with Gasteiger partial charge in [0.05, 0.1) is 16.4 Å². The summed E-state index contributed by atoms with van der Waals surface area (Å²) in [6.45, 7) is 1.27. The van der Waals surface area contributed by atoms with Gasteiger partial charge in [-0.2, -0.15) is 9.61 Å². The molecule has 0 fully saturated rings. The molecule has 3 aromatic carbocycles. The summed E-state index contributed by atoms with van der Waals surface area (Å²) in [6.07, 6.45) is 3.21. The van der Waals surface area contributed by atoms with Gasteiger partial charge < -0.3 is 10.2 Å². The van der Waals surface area contributed by atoms with Crippen molar-refractivity contribution in [2.75, 3.05) is 25.5 Å². The first-order chi connectivity index (χ1) is 18.5. The fourth-order valence-electron chi connectivity index (χ4n) is 4.41. The van der Waals surface area contributed by atoms with Crippen LogP contribution in [-0.2, 0) is 6.42 Å². The van der Waals surface area contributed by atoms with Crippen molar-refractivity contribution < 1.29 is 4.79 Å². The van der Waals surface area contributed by atoms with Crippen LogP contribution in [-0.4, -0.2) is 45.5 Å². The predicted octanol–water partition coefficient (Wildman–Crippen LogP) is 6.98. The summed E-state index contributed by atoms with van der Waals surface area (Å²) in [4.78, 5) is 19.8. The molecule has 0 atom stereocenters. The molecule has 0 unspecified atom stereocenters. The fourth-order valence-corrected chi connectivity index (χ4v) is 4.99. The minimum Gasteiger partial charge on any atom is -0.370 e. The maximum atomic E-state index is 13.3. The van der Waals surface area contributed by atoms with Gasteiger partial charge in [0.25, 0.3) is 5.91 Å². The fraction of sp³-hybridized carbons (Fsp3) is 0.167. The molecular weight excluding hydrogens is 562 g/mol. The number of nitrogens with zero attached hydrogens (tertiary/aromatic N) is 4. The lowest BCUT2D eigenvalue weighted by atomic mass is 9.99. The smallest absolute Gasteiger partial charge is 0.253 e. The van der Waals surface area contributed by atoms with Crippen LogP contribution in [0.3, 0.4) is 0 Å². The van der Waals surface area contributed by atoms with Crippen molar-refractivity contribution in [2.24, 2.45) is 0 Å². The Morgan fingerprint density at radius 3 is 2.58 bits per heavy atom. The highest BCUT2D eigenvalue weighted by atomic mass is 79.9. The van der Waals surface area contributed by atoms with E-state index in [4.69, 9.17) is 16.6 Å². The third-order valence-corrected chi connectivity index (χ3v) is 7.28. The average molecular weight is 589 g/mol. The summed E-state index contributed by atoms with van der Waals surface area (Å²) < 4.78 is 2.56. The molecule has 2 heterocycles. The summed E-state index contributed by atoms with van der Waals surface area (Å²) in [5, 5.41) is 8.55. The zero-order valence-corrected chi connectivity index (χ0v) is 23.3. The molecule has 0 saturated carbocycles. The van der Waals surface area contributed by atoms with Gasteiger partial charge in [-0.15, -0.1) is 0 Å². The Morgan fingerprint density at radius 1 is 1.03 bits per heavy atom. The summed E-state index contributed by atoms with van der Waals surface area (Å²) in [5.74, 6) is 0.831. The largest absolute Gasteiger partial charge is 0.370 e. The predicted molar refractivity (Wildman–Crippen MR) is 157 cm³/mol. The first-order valence-electron chi connectivity index (χ1n) is 12.4. The molecule has 0 bridgehead atoms. The van der Waals surface area contributed by atoms with Gasteiger partial charge >= 0.3 is 0 Å². The molecule has 5 rings (SSSR count). The van der Waals surface area contributed by atoms with E-state index in [1.54, 1.807) is 15.6 Å². The molecule has 2 aromatic heterocycles. The Hall–Kier alpha value is -3.68. The summed E-state index contributed by atoms with van der Waals surface area (Å²) in [6, 6.07) is 27.7. The molecule has 192 valence electrons. The van der Waals surface area contributed by atoms with E-state index in [-0.39, 0.29) is 5.91 Å². The number of aromatic nitrogens is 3. The van der Waals surface area contributed by atoms with Crippen molar-refractivity contribution in [2.45, 2.75) is 12.8 Å². The van der Waals surface area contributed by atoms with Crippen molar-refractivity contribution in [1.29, 1.82) is 0 Å². The monoisotopic (exact) mass is 587 g/mol. The maximum absolute atomic E-state index is 13.3. The molecule has 0 aliphatic carbocycles. The van der Waals surface area contributed by atoms with Crippen LogP contribution in [0.15, 0.2) is 95.6 Å². The second-order valence-electron chi connectivity index (χ2n) is 9.06. The summed E-state index contributed by atoms with van der Waals surface area (Å²) in [7, 11) is 1.85. The molecule has 5 aromatic rings. The third-order valence-electron chi connectivity index (χ3n) is 6.39. The number of amides is 1. The van der Waals surface area contributed by atoms with E-state index in [1.165, 1.54) is 5.56 Å². The minimum absolute atomic E-state index is 0.0276. The van der Waals surface area contributed by atoms with Gasteiger partial charge in [0, 0.05) is 42.4 Å². The molecule has 8 heteroatoms. The third kappa shape index (κ3) is 5.74. The Labute approximate surface area is 235 Å². The molecule has 0 aliphatic heterocycles. The van der Waals surface area contributed by atoms with Gasteiger partial charge in [-0.05, 0) is 52.0 Å². The van der Waals surface area contributed by atoms with Crippen LogP contribution in [0.5, 0.6) is 0 Å². The number of hydrogen-bond donors (Lipinski definition) is 1. The van der Waals surface area contributed by atoms with E-state index >= 15 is 0 Å². The van der Waals surface area contributed by atoms with E-state index in [9.17, 15) is 4.79 Å². The van der Waals surface area contributed by atoms with Crippen LogP contribution in [0, 0.1) is 0 Å². The molecule has 0 saturated heterocycles. The van der Waals surface area contributed by atoms with Gasteiger partial charge in [0.1, 0.15) is 5.82 Å². The number of fused-ring (bicyclic) bond motifs is 1. The zero-order chi connectivity index (χ0) is 26.5. The lowest BCUT2D eigenvalue weighted by Crippen LogP contribution is -2.29. The lowest BCUT2D eigenvalue weighted by molar-refractivity contribution is 0.0793. The minimum atomic E-state index is 0.0276. The Balaban J connectivity index is 1.25. The number of carbonyl (C=O) groups excluding carboxylic acids is 1. The second-order valence-corrected chi connectivity index (χ2v) is 10.3. The maximum Gasteiger partial charge on any atom is 0.253 e. The van der Waals surface area contributed by atoms with Crippen LogP contribution in [0.25, 0.3) is 16.9 Å². The number of hydrogen-bond acceptors (Lipinski definition) is 4. The topological polar surface area (TPSA) is 62.5 Å². The number of anilines is 1. The molecule has 0 spiro atoms. The molecule has 38 heavy (non-hydrogen) atoms. The van der Waals surface area contributed by atoms with E-state index < -0.39 is 0 Å². The lowest BCUT2D eigenvalue weighted by Gasteiger charge is -2.19. The first kappa shape index (κ1) is 25.9. The van der Waals surface area contributed by atoms with Crippen LogP contribution < -0.4 is 5.32 Å². The van der Waals surface area contributed by atoms with Crippen LogP contribution in [0.2, 0.25) is 5.02 Å². The summed E-state index contributed by atoms with van der Waals surface area (Å²) >= 11 is 9.98. The Morgan fingerprint density at radius 2 is 1.76 bits per heavy atom. The number of benzene rings is 3. The summed E-state index contributed by atoms with van der Waals surface area (Å²) in [5.41, 5.74) is 5.27. The van der Waals surface area contributed by atoms with E-state index in [0.717, 1.165) is 45.5 Å². The van der Waals surface area contributed by atoms with Crippen molar-refractivity contribution in [3.8, 4) is 11.3 Å². The van der Waals surface area contributed by atoms with Crippen LogP contribution in [0.4, 0.5) is 5.82 Å². The average Bonchev–Trinajstić information content (AvgIpc) is 3.32. The van der Waals surface area contributed by atoms with Gasteiger partial charge in [0.15, 0.2) is 5.65 Å². The molecule has 6 nitrogen and oxygen atoms in total. The standard InChI is InChI=1S/C30H27BrClN5O/c1-36(30(38)23-13-6-5-12-22(23)18-21-10-3-2-4-11-21)17-9-16-33-28-19-27(24-14-7-8-15-26(24)32)35-29-25(31)20-34-37(28)29/h2-8,10-15,19-20,33H,9,16-18H2,1H3. The quantitative estimate of drug-likeness (QED) is 0.189. The molecular formula is C30H27BrClN5O. The van der Waals surface area contributed by atoms with Gasteiger partial charge in [-0.3, -0.25) is 4.79 Å². The zero-order valence-electron chi connectivity index (χ0n) is 20.9. The SMILES string of the molecule is CN(CCCNc1cc(-c2ccccc2Cl)nc2c(Br)cnn12)C(=O)c1ccccc1Cc1ccccc1. The molecule has 0 radical (unpaired) electrons. The molecule has 0 aliphatic rings. The van der Waals surface area contributed by atoms with E-state index in [1.807, 2.05) is 79.8 Å². The molecule has 1 amide bonds. The van der Waals surface area contributed by atoms with Gasteiger partial charge in [0.2, 0.25) is 0 Å². The van der Waals surface area contributed by atoms with Crippen molar-refractivity contribution in [1.82, 2.24) is 19.5 Å². The van der Waals surface area contributed by atoms with Gasteiger partial charge in [-0.25, -0.2) is 4.98 Å². The molecule has 1 N–H and O–H groups in total. The Bertz CT molecular complexity index is 1570. The van der Waals surface area contributed by atoms with E-state index in [2.05, 4.69) is 38.5 Å². The Kier molecular flexibility index (Phi) is 8.05. The van der Waals surface area contributed by atoms with Crippen LogP contribution in [0.1, 0.15) is 27.9 Å². The number of carbonyl (C=O) groups is 1. The second kappa shape index (κ2) is 11.8. The highest BCUT2D eigenvalue weighted by molar-refractivity contribution is 9.10. The van der Waals surface area contributed by atoms with Gasteiger partial charge in [-0.1, -0.05) is 78.3 Å². The number of nitrogens with one attached hydrogen (secondary N) is 1. The number of rotatable bonds is 9. The highest BCUT2D eigenvalue weighted by Gasteiger charge is 2.16. The normalized spacial score (nSPS) is 11.0. The van der Waals surface area contributed by atoms with Crippen molar-refractivity contribution >= 4 is 44.9 Å². The highest BCUT2D eigenvalue weighted by Crippen LogP contribution is 2.30. The first-order valence-corrected chi connectivity index (χ1v) is 13.6.